The summed E-state index contributed by atoms with van der Waals surface area (Å²) in [6.07, 6.45) is 12.4. The van der Waals surface area contributed by atoms with Gasteiger partial charge in [-0.1, -0.05) is 71.4 Å². The van der Waals surface area contributed by atoms with Gasteiger partial charge in [0, 0.05) is 11.6 Å². The van der Waals surface area contributed by atoms with E-state index in [4.69, 9.17) is 4.74 Å². The van der Waals surface area contributed by atoms with Crippen molar-refractivity contribution in [3.63, 3.8) is 0 Å². The number of rotatable bonds is 7. The highest BCUT2D eigenvalue weighted by atomic mass is 16.5. The van der Waals surface area contributed by atoms with Crippen molar-refractivity contribution in [2.75, 3.05) is 6.61 Å². The van der Waals surface area contributed by atoms with Gasteiger partial charge in [-0.15, -0.1) is 0 Å². The van der Waals surface area contributed by atoms with Gasteiger partial charge in [0.15, 0.2) is 0 Å². The normalized spacial score (nSPS) is 17.1. The summed E-state index contributed by atoms with van der Waals surface area (Å²) in [5.74, 6) is 6.30. The number of aryl methyl sites for hydroxylation is 1. The summed E-state index contributed by atoms with van der Waals surface area (Å²) in [6, 6.07) is 4.81. The Morgan fingerprint density at radius 3 is 2.32 bits per heavy atom. The molecule has 0 bridgehead atoms. The van der Waals surface area contributed by atoms with Gasteiger partial charge in [-0.05, 0) is 84.8 Å². The SMILES string of the molecule is CCCCCc1cc2c(cc1C#CC=CC(C)=CC(=O)OCC)C(C)(C)CCC2(C)C. The van der Waals surface area contributed by atoms with E-state index < -0.39 is 0 Å². The Labute approximate surface area is 190 Å². The van der Waals surface area contributed by atoms with Crippen LogP contribution in [0.15, 0.2) is 35.9 Å². The Morgan fingerprint density at radius 2 is 1.71 bits per heavy atom. The Kier molecular flexibility index (Phi) is 8.75. The van der Waals surface area contributed by atoms with E-state index in [0.717, 1.165) is 17.6 Å². The Hall–Kier alpha value is -2.27. The van der Waals surface area contributed by atoms with E-state index in [0.29, 0.717) is 6.61 Å². The first kappa shape index (κ1) is 25.0. The van der Waals surface area contributed by atoms with Gasteiger partial charge in [-0.2, -0.15) is 0 Å². The van der Waals surface area contributed by atoms with Crippen molar-refractivity contribution in [2.45, 2.75) is 97.8 Å². The third-order valence-electron chi connectivity index (χ3n) is 6.39. The minimum atomic E-state index is -0.310. The summed E-state index contributed by atoms with van der Waals surface area (Å²) in [4.78, 5) is 11.6. The van der Waals surface area contributed by atoms with Crippen LogP contribution in [0.2, 0.25) is 0 Å². The Morgan fingerprint density at radius 1 is 1.06 bits per heavy atom. The molecule has 31 heavy (non-hydrogen) atoms. The minimum absolute atomic E-state index is 0.179. The number of unbranched alkanes of at least 4 members (excludes halogenated alkanes) is 2. The number of carbonyl (C=O) groups is 1. The van der Waals surface area contributed by atoms with Crippen LogP contribution in [-0.4, -0.2) is 12.6 Å². The number of hydrogen-bond acceptors (Lipinski definition) is 2. The summed E-state index contributed by atoms with van der Waals surface area (Å²) in [7, 11) is 0. The molecular weight excluding hydrogens is 380 g/mol. The number of esters is 1. The van der Waals surface area contributed by atoms with Gasteiger partial charge in [0.25, 0.3) is 0 Å². The molecule has 2 heteroatoms. The molecule has 0 saturated heterocycles. The van der Waals surface area contributed by atoms with E-state index >= 15 is 0 Å². The number of benzene rings is 1. The molecule has 1 aromatic rings. The van der Waals surface area contributed by atoms with Gasteiger partial charge in [0.2, 0.25) is 0 Å². The van der Waals surface area contributed by atoms with Gasteiger partial charge < -0.3 is 4.74 Å². The van der Waals surface area contributed by atoms with Crippen LogP contribution in [-0.2, 0) is 26.8 Å². The summed E-state index contributed by atoms with van der Waals surface area (Å²) in [5.41, 5.74) is 6.71. The first-order valence-corrected chi connectivity index (χ1v) is 11.8. The molecule has 0 atom stereocenters. The third kappa shape index (κ3) is 6.86. The second-order valence-corrected chi connectivity index (χ2v) is 10.0. The molecule has 0 fully saturated rings. The highest BCUT2D eigenvalue weighted by molar-refractivity contribution is 5.83. The van der Waals surface area contributed by atoms with E-state index in [1.165, 1.54) is 54.9 Å². The van der Waals surface area contributed by atoms with Crippen molar-refractivity contribution < 1.29 is 9.53 Å². The third-order valence-corrected chi connectivity index (χ3v) is 6.39. The van der Waals surface area contributed by atoms with E-state index in [1.54, 1.807) is 0 Å². The number of hydrogen-bond donors (Lipinski definition) is 0. The van der Waals surface area contributed by atoms with Crippen LogP contribution in [0.4, 0.5) is 0 Å². The fraction of sp³-hybridized carbons (Fsp3) is 0.552. The molecule has 0 aromatic heterocycles. The average molecular weight is 421 g/mol. The topological polar surface area (TPSA) is 26.3 Å². The molecule has 0 heterocycles. The van der Waals surface area contributed by atoms with E-state index in [1.807, 2.05) is 26.0 Å². The molecule has 1 aromatic carbocycles. The van der Waals surface area contributed by atoms with Crippen molar-refractivity contribution in [1.82, 2.24) is 0 Å². The lowest BCUT2D eigenvalue weighted by Crippen LogP contribution is -2.34. The zero-order valence-corrected chi connectivity index (χ0v) is 20.7. The van der Waals surface area contributed by atoms with Crippen LogP contribution in [0.5, 0.6) is 0 Å². The molecule has 1 aliphatic carbocycles. The van der Waals surface area contributed by atoms with Gasteiger partial charge in [-0.3, -0.25) is 0 Å². The summed E-state index contributed by atoms with van der Waals surface area (Å²) in [5, 5.41) is 0. The molecule has 0 amide bonds. The zero-order chi connectivity index (χ0) is 23.1. The fourth-order valence-electron chi connectivity index (χ4n) is 4.26. The molecule has 168 valence electrons. The molecular formula is C29H40O2. The van der Waals surface area contributed by atoms with Crippen molar-refractivity contribution >= 4 is 5.97 Å². The van der Waals surface area contributed by atoms with E-state index in [9.17, 15) is 4.79 Å². The van der Waals surface area contributed by atoms with Gasteiger partial charge in [0.05, 0.1) is 6.61 Å². The molecule has 0 unspecified atom stereocenters. The van der Waals surface area contributed by atoms with Crippen LogP contribution < -0.4 is 0 Å². The highest BCUT2D eigenvalue weighted by Crippen LogP contribution is 2.46. The van der Waals surface area contributed by atoms with E-state index in [2.05, 4.69) is 58.6 Å². The summed E-state index contributed by atoms with van der Waals surface area (Å²) < 4.78 is 4.95. The minimum Gasteiger partial charge on any atom is -0.463 e. The molecule has 2 rings (SSSR count). The van der Waals surface area contributed by atoms with Crippen LogP contribution >= 0.6 is 0 Å². The summed E-state index contributed by atoms with van der Waals surface area (Å²) >= 11 is 0. The number of fused-ring (bicyclic) bond motifs is 1. The van der Waals surface area contributed by atoms with Crippen LogP contribution in [0, 0.1) is 11.8 Å². The quantitative estimate of drug-likeness (QED) is 0.153. The van der Waals surface area contributed by atoms with Gasteiger partial charge in [-0.25, -0.2) is 4.79 Å². The highest BCUT2D eigenvalue weighted by Gasteiger charge is 2.37. The smallest absolute Gasteiger partial charge is 0.330 e. The maximum Gasteiger partial charge on any atom is 0.330 e. The van der Waals surface area contributed by atoms with Crippen LogP contribution in [0.25, 0.3) is 0 Å². The lowest BCUT2D eigenvalue weighted by atomic mass is 9.62. The molecule has 2 nitrogen and oxygen atoms in total. The van der Waals surface area contributed by atoms with Crippen molar-refractivity contribution in [2.24, 2.45) is 0 Å². The van der Waals surface area contributed by atoms with Crippen molar-refractivity contribution in [3.05, 3.63) is 58.2 Å². The predicted octanol–water partition coefficient (Wildman–Crippen LogP) is 7.19. The largest absolute Gasteiger partial charge is 0.463 e. The number of carbonyl (C=O) groups excluding carboxylic acids is 1. The molecule has 0 aliphatic heterocycles. The van der Waals surface area contributed by atoms with Crippen LogP contribution in [0.1, 0.15) is 103 Å². The summed E-state index contributed by atoms with van der Waals surface area (Å²) in [6.45, 7) is 15.8. The zero-order valence-electron chi connectivity index (χ0n) is 20.7. The van der Waals surface area contributed by atoms with Crippen LogP contribution in [0.3, 0.4) is 0 Å². The Balaban J connectivity index is 2.39. The van der Waals surface area contributed by atoms with Crippen molar-refractivity contribution in [1.29, 1.82) is 0 Å². The molecule has 0 radical (unpaired) electrons. The lowest BCUT2D eigenvalue weighted by Gasteiger charge is -2.42. The molecule has 0 N–H and O–H groups in total. The molecule has 1 aliphatic rings. The predicted molar refractivity (Wildman–Crippen MR) is 131 cm³/mol. The average Bonchev–Trinajstić information content (AvgIpc) is 2.69. The van der Waals surface area contributed by atoms with Gasteiger partial charge in [0.1, 0.15) is 0 Å². The maximum absolute atomic E-state index is 11.6. The molecule has 0 saturated carbocycles. The van der Waals surface area contributed by atoms with Gasteiger partial charge >= 0.3 is 5.97 Å². The van der Waals surface area contributed by atoms with E-state index in [-0.39, 0.29) is 16.8 Å². The number of allylic oxidation sites excluding steroid dienone is 3. The second-order valence-electron chi connectivity index (χ2n) is 10.0. The Bertz CT molecular complexity index is 901. The first-order chi connectivity index (χ1) is 14.6. The second kappa shape index (κ2) is 10.9. The maximum atomic E-state index is 11.6. The standard InChI is InChI=1S/C29H40O2/c1-8-10-11-15-23-20-25-26(29(6,7)18-17-28(25,4)5)21-24(23)16-13-12-14-22(3)19-27(30)31-9-2/h12,14,19-21H,8-11,15,17-18H2,1-7H3. The monoisotopic (exact) mass is 420 g/mol. The first-order valence-electron chi connectivity index (χ1n) is 11.8. The molecule has 0 spiro atoms. The fourth-order valence-corrected chi connectivity index (χ4v) is 4.26. The van der Waals surface area contributed by atoms with Crippen molar-refractivity contribution in [3.8, 4) is 11.8 Å². The lowest BCUT2D eigenvalue weighted by molar-refractivity contribution is -0.137. The number of ether oxygens (including phenoxy) is 1.